The lowest BCUT2D eigenvalue weighted by molar-refractivity contribution is -0.144. The third-order valence-corrected chi connectivity index (χ3v) is 7.06. The van der Waals surface area contributed by atoms with Crippen LogP contribution in [-0.2, 0) is 22.7 Å². The molecule has 0 spiro atoms. The van der Waals surface area contributed by atoms with E-state index >= 15 is 0 Å². The highest BCUT2D eigenvalue weighted by Crippen LogP contribution is 2.20. The number of benzene rings is 2. The van der Waals surface area contributed by atoms with Gasteiger partial charge in [-0.3, -0.25) is 9.59 Å². The van der Waals surface area contributed by atoms with Crippen molar-refractivity contribution in [3.05, 3.63) is 87.1 Å². The van der Waals surface area contributed by atoms with Gasteiger partial charge in [-0.25, -0.2) is 0 Å². The summed E-state index contributed by atoms with van der Waals surface area (Å²) in [6.07, 6.45) is 0.739. The van der Waals surface area contributed by atoms with Gasteiger partial charge < -0.3 is 14.5 Å². The number of thiophene rings is 1. The monoisotopic (exact) mass is 498 g/mol. The Bertz CT molecular complexity index is 1070. The number of carbonyl (C=O) groups is 2. The van der Waals surface area contributed by atoms with Crippen molar-refractivity contribution in [3.8, 4) is 5.75 Å². The van der Waals surface area contributed by atoms with Crippen molar-refractivity contribution in [1.29, 1.82) is 0 Å². The van der Waals surface area contributed by atoms with E-state index in [1.807, 2.05) is 54.5 Å². The van der Waals surface area contributed by atoms with Gasteiger partial charge >= 0.3 is 0 Å². The maximum atomic E-state index is 13.5. The lowest BCUT2D eigenvalue weighted by Crippen LogP contribution is -2.47. The van der Waals surface area contributed by atoms with Gasteiger partial charge in [-0.05, 0) is 67.1 Å². The molecule has 0 fully saturated rings. The Hall–Kier alpha value is -2.83. The second-order valence-corrected chi connectivity index (χ2v) is 9.72. The second-order valence-electron chi connectivity index (χ2n) is 8.28. The first-order valence-corrected chi connectivity index (χ1v) is 12.7. The first-order chi connectivity index (χ1) is 16.4. The van der Waals surface area contributed by atoms with Crippen molar-refractivity contribution in [3.63, 3.8) is 0 Å². The van der Waals surface area contributed by atoms with E-state index in [9.17, 15) is 9.59 Å². The van der Waals surface area contributed by atoms with E-state index in [1.54, 1.807) is 40.5 Å². The number of rotatable bonds is 11. The number of amides is 2. The molecule has 0 saturated carbocycles. The number of carbonyl (C=O) groups excluding carboxylic acids is 2. The first-order valence-electron chi connectivity index (χ1n) is 11.4. The molecule has 1 aromatic heterocycles. The molecule has 0 aliphatic heterocycles. The van der Waals surface area contributed by atoms with Crippen molar-refractivity contribution in [1.82, 2.24) is 9.80 Å². The highest BCUT2D eigenvalue weighted by Gasteiger charge is 2.26. The zero-order chi connectivity index (χ0) is 24.5. The van der Waals surface area contributed by atoms with Gasteiger partial charge in [0.2, 0.25) is 5.91 Å². The number of ether oxygens (including phenoxy) is 1. The van der Waals surface area contributed by atoms with E-state index < -0.39 is 0 Å². The minimum absolute atomic E-state index is 0.00900. The molecule has 34 heavy (non-hydrogen) atoms. The van der Waals surface area contributed by atoms with Crippen LogP contribution in [0.15, 0.2) is 66.0 Å². The molecule has 7 heteroatoms. The summed E-state index contributed by atoms with van der Waals surface area (Å²) in [4.78, 5) is 31.2. The number of hydrogen-bond acceptors (Lipinski definition) is 4. The fraction of sp³-hybridized carbons (Fsp3) is 0.333. The molecule has 2 aromatic carbocycles. The van der Waals surface area contributed by atoms with Crippen LogP contribution in [0.3, 0.4) is 0 Å². The Balaban J connectivity index is 1.73. The van der Waals surface area contributed by atoms with Crippen LogP contribution < -0.4 is 4.74 Å². The van der Waals surface area contributed by atoms with Crippen LogP contribution in [0, 0.1) is 6.92 Å². The summed E-state index contributed by atoms with van der Waals surface area (Å²) in [6.45, 7) is 6.89. The van der Waals surface area contributed by atoms with Gasteiger partial charge in [-0.2, -0.15) is 0 Å². The van der Waals surface area contributed by atoms with Crippen molar-refractivity contribution in [2.24, 2.45) is 0 Å². The van der Waals surface area contributed by atoms with Crippen LogP contribution in [0.5, 0.6) is 5.75 Å². The third kappa shape index (κ3) is 7.34. The van der Waals surface area contributed by atoms with Gasteiger partial charge in [0.25, 0.3) is 5.91 Å². The number of halogens is 1. The zero-order valence-corrected chi connectivity index (χ0v) is 21.4. The summed E-state index contributed by atoms with van der Waals surface area (Å²) in [5.74, 6) is 0.258. The Kier molecular flexibility index (Phi) is 9.54. The minimum Gasteiger partial charge on any atom is -0.484 e. The van der Waals surface area contributed by atoms with E-state index in [2.05, 4.69) is 13.0 Å². The highest BCUT2D eigenvalue weighted by atomic mass is 35.5. The molecule has 0 aliphatic rings. The van der Waals surface area contributed by atoms with Crippen LogP contribution in [0.2, 0.25) is 5.02 Å². The quantitative estimate of drug-likeness (QED) is 0.328. The van der Waals surface area contributed by atoms with Crippen molar-refractivity contribution in [2.75, 3.05) is 13.2 Å². The van der Waals surface area contributed by atoms with Gasteiger partial charge in [0, 0.05) is 22.5 Å². The Morgan fingerprint density at radius 1 is 1.00 bits per heavy atom. The second kappa shape index (κ2) is 12.6. The molecule has 0 aliphatic carbocycles. The van der Waals surface area contributed by atoms with Crippen molar-refractivity contribution >= 4 is 34.8 Å². The molecule has 0 saturated heterocycles. The van der Waals surface area contributed by atoms with E-state index in [4.69, 9.17) is 16.3 Å². The fourth-order valence-electron chi connectivity index (χ4n) is 3.49. The lowest BCUT2D eigenvalue weighted by atomic mass is 10.2. The zero-order valence-electron chi connectivity index (χ0n) is 19.9. The number of aryl methyl sites for hydroxylation is 1. The maximum Gasteiger partial charge on any atom is 0.261 e. The predicted octanol–water partition coefficient (Wildman–Crippen LogP) is 5.94. The van der Waals surface area contributed by atoms with Crippen LogP contribution in [0.25, 0.3) is 0 Å². The molecule has 0 bridgehead atoms. The Labute approximate surface area is 210 Å². The maximum absolute atomic E-state index is 13.5. The molecular formula is C27H31ClN2O3S. The largest absolute Gasteiger partial charge is 0.484 e. The SMILES string of the molecule is CC[C@H](C)N(CC(=O)N(Cc1ccccc1)Cc1sccc1C)C(=O)COc1ccc(Cl)cc1. The summed E-state index contributed by atoms with van der Waals surface area (Å²) >= 11 is 7.56. The van der Waals surface area contributed by atoms with Crippen LogP contribution in [-0.4, -0.2) is 40.8 Å². The molecule has 2 amide bonds. The van der Waals surface area contributed by atoms with Crippen LogP contribution >= 0.6 is 22.9 Å². The van der Waals surface area contributed by atoms with E-state index in [-0.39, 0.29) is 31.0 Å². The number of nitrogens with zero attached hydrogens (tertiary/aromatic N) is 2. The lowest BCUT2D eigenvalue weighted by Gasteiger charge is -2.31. The molecule has 0 unspecified atom stereocenters. The summed E-state index contributed by atoms with van der Waals surface area (Å²) in [7, 11) is 0. The van der Waals surface area contributed by atoms with E-state index in [0.29, 0.717) is 23.9 Å². The third-order valence-electron chi connectivity index (χ3n) is 5.80. The minimum atomic E-state index is -0.218. The highest BCUT2D eigenvalue weighted by molar-refractivity contribution is 7.10. The van der Waals surface area contributed by atoms with Gasteiger partial charge in [0.05, 0.1) is 6.54 Å². The van der Waals surface area contributed by atoms with Crippen LogP contribution in [0.4, 0.5) is 0 Å². The van der Waals surface area contributed by atoms with Gasteiger partial charge in [-0.1, -0.05) is 48.9 Å². The molecule has 1 atom stereocenters. The molecule has 3 aromatic rings. The summed E-state index contributed by atoms with van der Waals surface area (Å²) in [6, 6.07) is 18.8. The summed E-state index contributed by atoms with van der Waals surface area (Å²) < 4.78 is 5.66. The standard InChI is InChI=1S/C27H31ClN2O3S/c1-4-21(3)30(27(32)19-33-24-12-10-23(28)11-13-24)18-26(31)29(16-22-8-6-5-7-9-22)17-25-20(2)14-15-34-25/h5-15,21H,4,16-19H2,1-3H3/t21-/m0/s1. The normalized spacial score (nSPS) is 11.6. The molecule has 3 rings (SSSR count). The average Bonchev–Trinajstić information content (AvgIpc) is 3.25. The summed E-state index contributed by atoms with van der Waals surface area (Å²) in [5.41, 5.74) is 2.22. The topological polar surface area (TPSA) is 49.9 Å². The predicted molar refractivity (Wildman–Crippen MR) is 138 cm³/mol. The van der Waals surface area contributed by atoms with Crippen molar-refractivity contribution < 1.29 is 14.3 Å². The summed E-state index contributed by atoms with van der Waals surface area (Å²) in [5, 5.41) is 2.64. The molecule has 0 radical (unpaired) electrons. The van der Waals surface area contributed by atoms with Crippen LogP contribution in [0.1, 0.15) is 36.3 Å². The molecule has 1 heterocycles. The Morgan fingerprint density at radius 3 is 2.32 bits per heavy atom. The molecule has 180 valence electrons. The van der Waals surface area contributed by atoms with Gasteiger partial charge in [-0.15, -0.1) is 11.3 Å². The fourth-order valence-corrected chi connectivity index (χ4v) is 4.54. The molecule has 0 N–H and O–H groups in total. The van der Waals surface area contributed by atoms with Gasteiger partial charge in [0.15, 0.2) is 6.61 Å². The smallest absolute Gasteiger partial charge is 0.261 e. The Morgan fingerprint density at radius 2 is 1.71 bits per heavy atom. The van der Waals surface area contributed by atoms with E-state index in [0.717, 1.165) is 16.9 Å². The number of hydrogen-bond donors (Lipinski definition) is 0. The average molecular weight is 499 g/mol. The van der Waals surface area contributed by atoms with Gasteiger partial charge in [0.1, 0.15) is 12.3 Å². The molecule has 5 nitrogen and oxygen atoms in total. The van der Waals surface area contributed by atoms with E-state index in [1.165, 1.54) is 5.56 Å². The first kappa shape index (κ1) is 25.8. The van der Waals surface area contributed by atoms with Crippen molar-refractivity contribution in [2.45, 2.75) is 46.3 Å². The molecular weight excluding hydrogens is 468 g/mol.